The van der Waals surface area contributed by atoms with Gasteiger partial charge in [0.1, 0.15) is 12.0 Å². The van der Waals surface area contributed by atoms with E-state index in [0.717, 1.165) is 0 Å². The van der Waals surface area contributed by atoms with Gasteiger partial charge in [-0.3, -0.25) is 0 Å². The number of alkyl halides is 4. The standard InChI is InChI=1S/C2F4NO4S2/c3-1(4)2(5,6)12-11-9-7-13-10-8-1/q-1. The van der Waals surface area contributed by atoms with E-state index in [2.05, 4.69) is 23.4 Å². The predicted octanol–water partition coefficient (Wildman–Crippen LogP) is 2.58. The van der Waals surface area contributed by atoms with Crippen LogP contribution in [0, 0.1) is 0 Å². The Hall–Kier alpha value is 0.220. The molecule has 0 bridgehead atoms. The molecule has 11 heteroatoms. The molecule has 0 aromatic heterocycles. The fourth-order valence-electron chi connectivity index (χ4n) is 0.250. The number of halogens is 4. The van der Waals surface area contributed by atoms with Crippen LogP contribution in [0.15, 0.2) is 0 Å². The summed E-state index contributed by atoms with van der Waals surface area (Å²) in [5.74, 6) is 0. The van der Waals surface area contributed by atoms with Gasteiger partial charge in [0.15, 0.2) is 0 Å². The van der Waals surface area contributed by atoms with Crippen LogP contribution < -0.4 is 0 Å². The molecule has 0 atom stereocenters. The summed E-state index contributed by atoms with van der Waals surface area (Å²) in [5, 5.41) is -4.65. The number of rotatable bonds is 0. The van der Waals surface area contributed by atoms with Crippen LogP contribution in [0.4, 0.5) is 17.6 Å². The van der Waals surface area contributed by atoms with Gasteiger partial charge in [-0.2, -0.15) is 26.2 Å². The maximum atomic E-state index is 12.4. The summed E-state index contributed by atoms with van der Waals surface area (Å²) in [7, 11) is 0. The van der Waals surface area contributed by atoms with E-state index in [1.807, 2.05) is 0 Å². The fourth-order valence-corrected chi connectivity index (χ4v) is 0.762. The number of hydrogen-bond donors (Lipinski definition) is 0. The quantitative estimate of drug-likeness (QED) is 0.281. The SMILES string of the molecule is FC1(F)OOS[N-]OOSC1(F)F. The van der Waals surface area contributed by atoms with E-state index in [4.69, 9.17) is 0 Å². The minimum absolute atomic E-state index is 0.126. The zero-order valence-corrected chi connectivity index (χ0v) is 7.04. The largest absolute Gasteiger partial charge is 0.459 e. The first kappa shape index (κ1) is 11.3. The van der Waals surface area contributed by atoms with Gasteiger partial charge in [-0.1, -0.05) is 12.2 Å². The van der Waals surface area contributed by atoms with Crippen LogP contribution in [0.1, 0.15) is 0 Å². The van der Waals surface area contributed by atoms with Crippen LogP contribution in [0.5, 0.6) is 0 Å². The highest BCUT2D eigenvalue weighted by Gasteiger charge is 2.62. The lowest BCUT2D eigenvalue weighted by Gasteiger charge is -2.20. The highest BCUT2D eigenvalue weighted by Crippen LogP contribution is 2.46. The molecule has 0 unspecified atom stereocenters. The molecule has 1 aliphatic heterocycles. The van der Waals surface area contributed by atoms with Gasteiger partial charge in [-0.15, -0.1) is 4.89 Å². The van der Waals surface area contributed by atoms with Crippen molar-refractivity contribution in [3.05, 3.63) is 4.89 Å². The first-order chi connectivity index (χ1) is 5.96. The van der Waals surface area contributed by atoms with Crippen molar-refractivity contribution in [3.63, 3.8) is 0 Å². The Kier molecular flexibility index (Phi) is 3.62. The normalized spacial score (nSPS) is 28.6. The summed E-state index contributed by atoms with van der Waals surface area (Å²) in [5.41, 5.74) is 0. The number of hydrogen-bond acceptors (Lipinski definition) is 6. The van der Waals surface area contributed by atoms with Crippen LogP contribution in [-0.2, 0) is 18.5 Å². The molecule has 1 heterocycles. The molecular weight excluding hydrogens is 242 g/mol. The molecule has 0 aromatic carbocycles. The zero-order valence-electron chi connectivity index (χ0n) is 5.41. The average molecular weight is 242 g/mol. The predicted molar refractivity (Wildman–Crippen MR) is 32.8 cm³/mol. The van der Waals surface area contributed by atoms with Crippen molar-refractivity contribution >= 4 is 24.3 Å². The van der Waals surface area contributed by atoms with Crippen molar-refractivity contribution in [3.8, 4) is 0 Å². The molecule has 1 rings (SSSR count). The highest BCUT2D eigenvalue weighted by molar-refractivity contribution is 7.97. The third-order valence-corrected chi connectivity index (χ3v) is 1.56. The van der Waals surface area contributed by atoms with Crippen LogP contribution in [-0.4, -0.2) is 11.4 Å². The molecule has 1 fully saturated rings. The van der Waals surface area contributed by atoms with E-state index in [1.54, 1.807) is 0 Å². The van der Waals surface area contributed by atoms with Crippen molar-refractivity contribution in [1.82, 2.24) is 0 Å². The van der Waals surface area contributed by atoms with Crippen LogP contribution in [0.3, 0.4) is 0 Å². The summed E-state index contributed by atoms with van der Waals surface area (Å²) in [6.45, 7) is 0. The minimum Gasteiger partial charge on any atom is -0.416 e. The Bertz CT molecular complexity index is 164. The molecule has 13 heavy (non-hydrogen) atoms. The average Bonchev–Trinajstić information content (AvgIpc) is 2.05. The maximum Gasteiger partial charge on any atom is 0.459 e. The molecule has 0 N–H and O–H groups in total. The molecule has 1 aliphatic rings. The zero-order chi connectivity index (χ0) is 9.95. The highest BCUT2D eigenvalue weighted by atomic mass is 32.2. The van der Waals surface area contributed by atoms with E-state index in [-0.39, 0.29) is 12.2 Å². The second kappa shape index (κ2) is 4.16. The molecule has 0 amide bonds. The Labute approximate surface area is 77.4 Å². The van der Waals surface area contributed by atoms with Gasteiger partial charge in [0, 0.05) is 0 Å². The molecule has 0 aliphatic carbocycles. The Morgan fingerprint density at radius 2 is 1.77 bits per heavy atom. The number of nitrogens with zero attached hydrogens (tertiary/aromatic N) is 1. The third-order valence-electron chi connectivity index (χ3n) is 0.738. The van der Waals surface area contributed by atoms with Crippen molar-refractivity contribution in [2.75, 3.05) is 0 Å². The summed E-state index contributed by atoms with van der Waals surface area (Å²) >= 11 is -1.07. The van der Waals surface area contributed by atoms with Crippen molar-refractivity contribution in [1.29, 1.82) is 0 Å². The lowest BCUT2D eigenvalue weighted by molar-refractivity contribution is -0.425. The molecule has 0 radical (unpaired) electrons. The van der Waals surface area contributed by atoms with Crippen LogP contribution >= 0.6 is 24.3 Å². The van der Waals surface area contributed by atoms with Crippen LogP contribution in [0.2, 0.25) is 0 Å². The molecule has 0 aromatic rings. The van der Waals surface area contributed by atoms with Crippen LogP contribution in [0.25, 0.3) is 4.89 Å². The second-order valence-electron chi connectivity index (χ2n) is 1.56. The Balaban J connectivity index is 2.66. The summed E-state index contributed by atoms with van der Waals surface area (Å²) in [6, 6.07) is 0. The first-order valence-corrected chi connectivity index (χ1v) is 3.89. The van der Waals surface area contributed by atoms with E-state index >= 15 is 0 Å². The Morgan fingerprint density at radius 1 is 1.08 bits per heavy atom. The summed E-state index contributed by atoms with van der Waals surface area (Å²) in [4.78, 5) is 9.37. The van der Waals surface area contributed by atoms with Gasteiger partial charge < -0.3 is 9.87 Å². The summed E-state index contributed by atoms with van der Waals surface area (Å²) < 4.78 is 56.4. The monoisotopic (exact) mass is 242 g/mol. The van der Waals surface area contributed by atoms with Crippen molar-refractivity contribution in [2.24, 2.45) is 0 Å². The van der Waals surface area contributed by atoms with Gasteiger partial charge in [0.25, 0.3) is 0 Å². The smallest absolute Gasteiger partial charge is 0.416 e. The van der Waals surface area contributed by atoms with E-state index in [1.165, 1.54) is 0 Å². The molecule has 0 saturated carbocycles. The lowest BCUT2D eigenvalue weighted by Crippen LogP contribution is -2.39. The molecule has 5 nitrogen and oxygen atoms in total. The molecule has 1 saturated heterocycles. The maximum absolute atomic E-state index is 12.4. The van der Waals surface area contributed by atoms with Gasteiger partial charge in [-0.25, -0.2) is 0 Å². The van der Waals surface area contributed by atoms with Gasteiger partial charge >= 0.3 is 11.4 Å². The van der Waals surface area contributed by atoms with Gasteiger partial charge in [0.2, 0.25) is 0 Å². The third kappa shape index (κ3) is 2.83. The van der Waals surface area contributed by atoms with Gasteiger partial charge in [0.05, 0.1) is 0 Å². The van der Waals surface area contributed by atoms with Crippen molar-refractivity contribution in [2.45, 2.75) is 11.4 Å². The second-order valence-corrected chi connectivity index (χ2v) is 2.81. The van der Waals surface area contributed by atoms with Crippen molar-refractivity contribution < 1.29 is 36.1 Å². The molecule has 0 spiro atoms. The van der Waals surface area contributed by atoms with E-state index < -0.39 is 23.4 Å². The van der Waals surface area contributed by atoms with Gasteiger partial charge in [-0.05, 0) is 0 Å². The first-order valence-electron chi connectivity index (χ1n) is 2.45. The van der Waals surface area contributed by atoms with E-state index in [0.29, 0.717) is 0 Å². The minimum atomic E-state index is -4.84. The lowest BCUT2D eigenvalue weighted by atomic mass is 10.6. The fraction of sp³-hybridized carbons (Fsp3) is 1.00. The molecular formula is C2F4NO4S2-. The molecule has 78 valence electrons. The van der Waals surface area contributed by atoms with E-state index in [9.17, 15) is 17.6 Å². The summed E-state index contributed by atoms with van der Waals surface area (Å²) in [6.07, 6.45) is -4.84. The Morgan fingerprint density at radius 3 is 2.46 bits per heavy atom. The topological polar surface area (TPSA) is 51.0 Å².